The Morgan fingerprint density at radius 3 is 2.67 bits per heavy atom. The van der Waals surface area contributed by atoms with Gasteiger partial charge in [0.1, 0.15) is 12.2 Å². The predicted octanol–water partition coefficient (Wildman–Crippen LogP) is 4.99. The van der Waals surface area contributed by atoms with E-state index in [2.05, 4.69) is 35.4 Å². The van der Waals surface area contributed by atoms with Gasteiger partial charge in [-0.05, 0) is 79.3 Å². The fraction of sp³-hybridized carbons (Fsp3) is 0.400. The molecule has 0 radical (unpaired) electrons. The van der Waals surface area contributed by atoms with Crippen molar-refractivity contribution in [3.63, 3.8) is 0 Å². The molecule has 0 amide bonds. The van der Waals surface area contributed by atoms with Crippen LogP contribution in [0.15, 0.2) is 66.0 Å². The van der Waals surface area contributed by atoms with Gasteiger partial charge in [0.05, 0.1) is 6.04 Å². The molecule has 0 aliphatic heterocycles. The SMILES string of the molecule is CCCN(CCc1cccs1)C1CCc2c(cccc2OC(=O)CC(=O)C(N)Cc2ccccc2)C1. The van der Waals surface area contributed by atoms with Crippen molar-refractivity contribution in [1.29, 1.82) is 0 Å². The summed E-state index contributed by atoms with van der Waals surface area (Å²) >= 11 is 1.82. The minimum absolute atomic E-state index is 0.297. The Morgan fingerprint density at radius 1 is 1.08 bits per heavy atom. The van der Waals surface area contributed by atoms with E-state index in [1.165, 1.54) is 10.4 Å². The first kappa shape index (κ1) is 26.3. The first-order chi connectivity index (χ1) is 17.5. The van der Waals surface area contributed by atoms with Gasteiger partial charge in [-0.1, -0.05) is 55.5 Å². The maximum atomic E-state index is 12.6. The molecule has 1 aliphatic carbocycles. The molecule has 0 spiro atoms. The van der Waals surface area contributed by atoms with Crippen LogP contribution in [0.3, 0.4) is 0 Å². The maximum Gasteiger partial charge on any atom is 0.318 e. The highest BCUT2D eigenvalue weighted by Crippen LogP contribution is 2.32. The van der Waals surface area contributed by atoms with E-state index in [9.17, 15) is 9.59 Å². The molecule has 2 unspecified atom stereocenters. The minimum atomic E-state index is -0.718. The number of nitrogens with two attached hydrogens (primary N) is 1. The molecule has 0 saturated carbocycles. The highest BCUT2D eigenvalue weighted by atomic mass is 32.1. The Balaban J connectivity index is 1.34. The Hall–Kier alpha value is -2.80. The number of ketones is 1. The zero-order valence-corrected chi connectivity index (χ0v) is 21.8. The standard InChI is InChI=1S/C30H36N2O3S/c1-2-16-32(17-15-25-11-7-18-36-25)24-13-14-26-23(20-24)10-6-12-29(26)35-30(34)21-28(33)27(31)19-22-8-4-3-5-9-22/h3-12,18,24,27H,2,13-17,19-21,31H2,1H3. The maximum absolute atomic E-state index is 12.6. The average molecular weight is 505 g/mol. The highest BCUT2D eigenvalue weighted by Gasteiger charge is 2.27. The molecule has 190 valence electrons. The second-order valence-corrected chi connectivity index (χ2v) is 10.6. The van der Waals surface area contributed by atoms with Crippen LogP contribution in [0.5, 0.6) is 5.75 Å². The van der Waals surface area contributed by atoms with Crippen molar-refractivity contribution in [2.75, 3.05) is 13.1 Å². The molecule has 0 bridgehead atoms. The van der Waals surface area contributed by atoms with Crippen LogP contribution < -0.4 is 10.5 Å². The Labute approximate surface area is 218 Å². The van der Waals surface area contributed by atoms with Gasteiger partial charge in [-0.25, -0.2) is 0 Å². The van der Waals surface area contributed by atoms with Gasteiger partial charge < -0.3 is 10.5 Å². The molecule has 6 heteroatoms. The zero-order chi connectivity index (χ0) is 25.3. The van der Waals surface area contributed by atoms with E-state index >= 15 is 0 Å². The summed E-state index contributed by atoms with van der Waals surface area (Å²) in [6, 6.07) is 19.6. The number of benzene rings is 2. The third-order valence-electron chi connectivity index (χ3n) is 6.92. The molecule has 36 heavy (non-hydrogen) atoms. The van der Waals surface area contributed by atoms with Crippen LogP contribution in [-0.2, 0) is 35.3 Å². The third kappa shape index (κ3) is 7.12. The molecule has 1 aromatic heterocycles. The van der Waals surface area contributed by atoms with Crippen molar-refractivity contribution in [3.05, 3.63) is 87.6 Å². The van der Waals surface area contributed by atoms with Crippen LogP contribution in [0.4, 0.5) is 0 Å². The number of ether oxygens (including phenoxy) is 1. The van der Waals surface area contributed by atoms with E-state index in [1.54, 1.807) is 0 Å². The van der Waals surface area contributed by atoms with Crippen LogP contribution in [0.2, 0.25) is 0 Å². The molecule has 0 saturated heterocycles. The molecule has 1 aliphatic rings. The molecule has 5 nitrogen and oxygen atoms in total. The molecule has 2 N–H and O–H groups in total. The van der Waals surface area contributed by atoms with E-state index in [0.29, 0.717) is 18.2 Å². The van der Waals surface area contributed by atoms with Crippen molar-refractivity contribution in [2.45, 2.75) is 64.0 Å². The number of Topliss-reactive ketones (excluding diaryl/α,β-unsaturated/α-hetero) is 1. The lowest BCUT2D eigenvalue weighted by Gasteiger charge is -2.35. The molecule has 1 heterocycles. The van der Waals surface area contributed by atoms with E-state index in [-0.39, 0.29) is 12.2 Å². The largest absolute Gasteiger partial charge is 0.426 e. The number of fused-ring (bicyclic) bond motifs is 1. The van der Waals surface area contributed by atoms with Gasteiger partial charge in [-0.3, -0.25) is 14.5 Å². The van der Waals surface area contributed by atoms with Crippen molar-refractivity contribution in [3.8, 4) is 5.75 Å². The quantitative estimate of drug-likeness (QED) is 0.214. The second kappa shape index (κ2) is 12.9. The fourth-order valence-electron chi connectivity index (χ4n) is 5.05. The van der Waals surface area contributed by atoms with Gasteiger partial charge in [0.15, 0.2) is 5.78 Å². The summed E-state index contributed by atoms with van der Waals surface area (Å²) in [5.74, 6) is -0.252. The van der Waals surface area contributed by atoms with Crippen LogP contribution in [0.1, 0.15) is 47.8 Å². The fourth-order valence-corrected chi connectivity index (χ4v) is 5.75. The van der Waals surface area contributed by atoms with Gasteiger partial charge >= 0.3 is 5.97 Å². The van der Waals surface area contributed by atoms with Crippen LogP contribution in [-0.4, -0.2) is 41.8 Å². The molecule has 3 aromatic rings. The lowest BCUT2D eigenvalue weighted by atomic mass is 9.86. The summed E-state index contributed by atoms with van der Waals surface area (Å²) in [7, 11) is 0. The number of hydrogen-bond donors (Lipinski definition) is 1. The number of esters is 1. The topological polar surface area (TPSA) is 72.6 Å². The van der Waals surface area contributed by atoms with E-state index in [0.717, 1.165) is 56.3 Å². The molecule has 2 aromatic carbocycles. The van der Waals surface area contributed by atoms with Gasteiger partial charge in [-0.2, -0.15) is 0 Å². The first-order valence-electron chi connectivity index (χ1n) is 12.9. The monoisotopic (exact) mass is 504 g/mol. The van der Waals surface area contributed by atoms with E-state index in [4.69, 9.17) is 10.5 Å². The van der Waals surface area contributed by atoms with Crippen molar-refractivity contribution >= 4 is 23.1 Å². The normalized spacial score (nSPS) is 15.9. The lowest BCUT2D eigenvalue weighted by Crippen LogP contribution is -2.41. The van der Waals surface area contributed by atoms with Gasteiger partial charge in [0.2, 0.25) is 0 Å². The summed E-state index contributed by atoms with van der Waals surface area (Å²) in [5.41, 5.74) is 9.37. The summed E-state index contributed by atoms with van der Waals surface area (Å²) in [5, 5.41) is 2.14. The van der Waals surface area contributed by atoms with Crippen molar-refractivity contribution < 1.29 is 14.3 Å². The Morgan fingerprint density at radius 2 is 1.92 bits per heavy atom. The van der Waals surface area contributed by atoms with E-state index in [1.807, 2.05) is 53.8 Å². The van der Waals surface area contributed by atoms with Crippen molar-refractivity contribution in [2.24, 2.45) is 5.73 Å². The number of carbonyl (C=O) groups excluding carboxylic acids is 2. The van der Waals surface area contributed by atoms with Gasteiger partial charge in [0, 0.05) is 17.5 Å². The molecule has 2 atom stereocenters. The summed E-state index contributed by atoms with van der Waals surface area (Å²) in [4.78, 5) is 29.2. The number of hydrogen-bond acceptors (Lipinski definition) is 6. The third-order valence-corrected chi connectivity index (χ3v) is 7.86. The molecular weight excluding hydrogens is 468 g/mol. The Kier molecular flexibility index (Phi) is 9.45. The number of nitrogens with zero attached hydrogens (tertiary/aromatic N) is 1. The smallest absolute Gasteiger partial charge is 0.318 e. The number of carbonyl (C=O) groups is 2. The zero-order valence-electron chi connectivity index (χ0n) is 21.0. The predicted molar refractivity (Wildman–Crippen MR) is 146 cm³/mol. The lowest BCUT2D eigenvalue weighted by molar-refractivity contribution is -0.138. The minimum Gasteiger partial charge on any atom is -0.426 e. The van der Waals surface area contributed by atoms with E-state index < -0.39 is 12.0 Å². The van der Waals surface area contributed by atoms with Gasteiger partial charge in [0.25, 0.3) is 0 Å². The van der Waals surface area contributed by atoms with Crippen LogP contribution in [0, 0.1) is 0 Å². The average Bonchev–Trinajstić information content (AvgIpc) is 3.40. The Bertz CT molecular complexity index is 1130. The molecular formula is C30H36N2O3S. The molecule has 0 fully saturated rings. The highest BCUT2D eigenvalue weighted by molar-refractivity contribution is 7.09. The van der Waals surface area contributed by atoms with Crippen molar-refractivity contribution in [1.82, 2.24) is 4.90 Å². The van der Waals surface area contributed by atoms with Gasteiger partial charge in [-0.15, -0.1) is 11.3 Å². The summed E-state index contributed by atoms with van der Waals surface area (Å²) in [6.07, 6.45) is 5.16. The number of thiophene rings is 1. The second-order valence-electron chi connectivity index (χ2n) is 9.57. The summed E-state index contributed by atoms with van der Waals surface area (Å²) in [6.45, 7) is 4.39. The number of rotatable bonds is 12. The van der Waals surface area contributed by atoms with Crippen LogP contribution in [0.25, 0.3) is 0 Å². The molecule has 4 rings (SSSR count). The summed E-state index contributed by atoms with van der Waals surface area (Å²) < 4.78 is 5.70. The first-order valence-corrected chi connectivity index (χ1v) is 13.8. The van der Waals surface area contributed by atoms with Crippen LogP contribution >= 0.6 is 11.3 Å².